The summed E-state index contributed by atoms with van der Waals surface area (Å²) < 4.78 is 0. The Kier molecular flexibility index (Phi) is 3.56. The van der Waals surface area contributed by atoms with Crippen molar-refractivity contribution in [2.45, 2.75) is 26.2 Å². The summed E-state index contributed by atoms with van der Waals surface area (Å²) in [4.78, 5) is 32.6. The number of hydrogen-bond donors (Lipinski definition) is 1. The molecule has 2 heterocycles. The summed E-state index contributed by atoms with van der Waals surface area (Å²) in [5, 5.41) is 0. The zero-order valence-corrected chi connectivity index (χ0v) is 11.9. The minimum Gasteiger partial charge on any atom is -0.312 e. The van der Waals surface area contributed by atoms with Crippen LogP contribution in [-0.2, 0) is 17.6 Å². The van der Waals surface area contributed by atoms with E-state index in [1.165, 1.54) is 11.6 Å². The van der Waals surface area contributed by atoms with Crippen molar-refractivity contribution >= 4 is 11.6 Å². The summed E-state index contributed by atoms with van der Waals surface area (Å²) in [6.45, 7) is 2.46. The Balaban J connectivity index is 1.85. The van der Waals surface area contributed by atoms with Crippen molar-refractivity contribution in [1.82, 2.24) is 9.97 Å². The average Bonchev–Trinajstić information content (AvgIpc) is 2.45. The van der Waals surface area contributed by atoms with Crippen LogP contribution in [0, 0.1) is 6.92 Å². The van der Waals surface area contributed by atoms with Gasteiger partial charge in [-0.15, -0.1) is 0 Å². The summed E-state index contributed by atoms with van der Waals surface area (Å²) in [6.07, 6.45) is 2.07. The predicted octanol–water partition coefficient (Wildman–Crippen LogP) is 1.60. The second-order valence-corrected chi connectivity index (χ2v) is 5.29. The number of nitrogens with zero attached hydrogens (tertiary/aromatic N) is 2. The lowest BCUT2D eigenvalue weighted by molar-refractivity contribution is -0.118. The van der Waals surface area contributed by atoms with E-state index in [1.54, 1.807) is 11.8 Å². The van der Waals surface area contributed by atoms with Gasteiger partial charge >= 0.3 is 0 Å². The van der Waals surface area contributed by atoms with Crippen LogP contribution in [0.2, 0.25) is 0 Å². The van der Waals surface area contributed by atoms with Gasteiger partial charge in [-0.05, 0) is 31.4 Å². The molecule has 3 rings (SSSR count). The van der Waals surface area contributed by atoms with E-state index in [2.05, 4.69) is 16.0 Å². The minimum absolute atomic E-state index is 0.0316. The molecule has 0 bridgehead atoms. The molecule has 21 heavy (non-hydrogen) atoms. The molecule has 5 heteroatoms. The van der Waals surface area contributed by atoms with Crippen molar-refractivity contribution in [3.63, 3.8) is 0 Å². The second kappa shape index (κ2) is 5.52. The molecule has 0 saturated carbocycles. The molecule has 5 nitrogen and oxygen atoms in total. The predicted molar refractivity (Wildman–Crippen MR) is 80.4 cm³/mol. The van der Waals surface area contributed by atoms with Crippen molar-refractivity contribution in [2.24, 2.45) is 0 Å². The van der Waals surface area contributed by atoms with Gasteiger partial charge in [0.15, 0.2) is 0 Å². The van der Waals surface area contributed by atoms with Crippen LogP contribution in [0.25, 0.3) is 0 Å². The second-order valence-electron chi connectivity index (χ2n) is 5.29. The fourth-order valence-corrected chi connectivity index (χ4v) is 2.76. The number of nitrogens with one attached hydrogen (secondary N) is 1. The Labute approximate surface area is 122 Å². The maximum atomic E-state index is 12.5. The first-order valence-electron chi connectivity index (χ1n) is 7.08. The lowest BCUT2D eigenvalue weighted by atomic mass is 10.0. The van der Waals surface area contributed by atoms with Crippen molar-refractivity contribution in [1.29, 1.82) is 0 Å². The molecule has 0 spiro atoms. The van der Waals surface area contributed by atoms with Gasteiger partial charge in [0.1, 0.15) is 5.82 Å². The Bertz CT molecular complexity index is 736. The minimum atomic E-state index is -0.218. The first kappa shape index (κ1) is 13.5. The third kappa shape index (κ3) is 2.86. The summed E-state index contributed by atoms with van der Waals surface area (Å²) >= 11 is 0. The van der Waals surface area contributed by atoms with Crippen LogP contribution in [0.5, 0.6) is 0 Å². The van der Waals surface area contributed by atoms with Gasteiger partial charge in [-0.25, -0.2) is 4.98 Å². The number of H-pyrrole nitrogens is 1. The third-order valence-electron chi connectivity index (χ3n) is 3.65. The van der Waals surface area contributed by atoms with Gasteiger partial charge in [-0.3, -0.25) is 9.59 Å². The van der Waals surface area contributed by atoms with Crippen LogP contribution < -0.4 is 10.5 Å². The summed E-state index contributed by atoms with van der Waals surface area (Å²) in [7, 11) is 0. The number of para-hydroxylation sites is 1. The molecular weight excluding hydrogens is 266 g/mol. The number of carbonyl (C=O) groups excluding carboxylic acids is 1. The summed E-state index contributed by atoms with van der Waals surface area (Å²) in [5.41, 5.74) is 2.58. The number of benzene rings is 1. The van der Waals surface area contributed by atoms with Crippen LogP contribution in [-0.4, -0.2) is 22.4 Å². The largest absolute Gasteiger partial charge is 0.312 e. The Morgan fingerprint density at radius 2 is 2.19 bits per heavy atom. The van der Waals surface area contributed by atoms with Gasteiger partial charge in [-0.2, -0.15) is 0 Å². The smallest absolute Gasteiger partial charge is 0.251 e. The molecule has 1 N–H and O–H groups in total. The van der Waals surface area contributed by atoms with E-state index in [1.807, 2.05) is 18.2 Å². The van der Waals surface area contributed by atoms with Gasteiger partial charge in [0, 0.05) is 24.0 Å². The van der Waals surface area contributed by atoms with Crippen LogP contribution in [0.15, 0.2) is 35.1 Å². The zero-order valence-electron chi connectivity index (χ0n) is 11.9. The molecule has 1 aliphatic heterocycles. The number of anilines is 1. The number of aromatic nitrogens is 2. The summed E-state index contributed by atoms with van der Waals surface area (Å²) in [5.74, 6) is 0.393. The molecule has 0 aliphatic carbocycles. The van der Waals surface area contributed by atoms with Crippen LogP contribution in [0.3, 0.4) is 0 Å². The highest BCUT2D eigenvalue weighted by atomic mass is 16.2. The van der Waals surface area contributed by atoms with Crippen molar-refractivity contribution < 1.29 is 4.79 Å². The van der Waals surface area contributed by atoms with E-state index in [4.69, 9.17) is 0 Å². The first-order valence-corrected chi connectivity index (χ1v) is 7.08. The van der Waals surface area contributed by atoms with Crippen LogP contribution in [0.1, 0.15) is 23.5 Å². The summed E-state index contributed by atoms with van der Waals surface area (Å²) in [6, 6.07) is 9.38. The van der Waals surface area contributed by atoms with Crippen molar-refractivity contribution in [3.8, 4) is 0 Å². The Morgan fingerprint density at radius 1 is 1.38 bits per heavy atom. The molecule has 1 aromatic heterocycles. The van der Waals surface area contributed by atoms with Gasteiger partial charge in [0.05, 0.1) is 6.42 Å². The number of amides is 1. The van der Waals surface area contributed by atoms with E-state index in [9.17, 15) is 9.59 Å². The molecule has 1 amide bonds. The van der Waals surface area contributed by atoms with Crippen molar-refractivity contribution in [2.75, 3.05) is 11.4 Å². The molecule has 1 aromatic carbocycles. The first-order chi connectivity index (χ1) is 10.1. The fourth-order valence-electron chi connectivity index (χ4n) is 2.76. The zero-order chi connectivity index (χ0) is 14.8. The number of rotatable bonds is 2. The maximum Gasteiger partial charge on any atom is 0.251 e. The van der Waals surface area contributed by atoms with E-state index < -0.39 is 0 Å². The fraction of sp³-hybridized carbons (Fsp3) is 0.312. The molecule has 1 aliphatic rings. The number of aromatic amines is 1. The van der Waals surface area contributed by atoms with E-state index in [0.717, 1.165) is 18.5 Å². The molecule has 0 fully saturated rings. The lowest BCUT2D eigenvalue weighted by Crippen LogP contribution is -2.37. The maximum absolute atomic E-state index is 12.5. The molecule has 0 radical (unpaired) electrons. The monoisotopic (exact) mass is 283 g/mol. The quantitative estimate of drug-likeness (QED) is 0.910. The van der Waals surface area contributed by atoms with Crippen LogP contribution >= 0.6 is 0 Å². The highest BCUT2D eigenvalue weighted by Crippen LogP contribution is 2.26. The third-order valence-corrected chi connectivity index (χ3v) is 3.65. The van der Waals surface area contributed by atoms with E-state index in [-0.39, 0.29) is 17.9 Å². The molecular formula is C16H17N3O2. The molecule has 2 aromatic rings. The molecule has 0 saturated heterocycles. The normalized spacial score (nSPS) is 13.9. The standard InChI is InChI=1S/C16H17N3O2/c1-11-9-15(20)18-14(17-11)10-16(21)19-8-4-6-12-5-2-3-7-13(12)19/h2-3,5,7,9H,4,6,8,10H2,1H3,(H,17,18,20). The Morgan fingerprint density at radius 3 is 3.00 bits per heavy atom. The van der Waals surface area contributed by atoms with Gasteiger partial charge in [0.2, 0.25) is 5.91 Å². The highest BCUT2D eigenvalue weighted by molar-refractivity contribution is 5.95. The van der Waals surface area contributed by atoms with E-state index >= 15 is 0 Å². The number of hydrogen-bond acceptors (Lipinski definition) is 3. The lowest BCUT2D eigenvalue weighted by Gasteiger charge is -2.29. The average molecular weight is 283 g/mol. The number of fused-ring (bicyclic) bond motifs is 1. The van der Waals surface area contributed by atoms with E-state index in [0.29, 0.717) is 18.1 Å². The van der Waals surface area contributed by atoms with Crippen molar-refractivity contribution in [3.05, 3.63) is 57.8 Å². The molecule has 0 unspecified atom stereocenters. The number of aryl methyl sites for hydroxylation is 2. The molecule has 108 valence electrons. The van der Waals surface area contributed by atoms with Gasteiger partial charge in [0.25, 0.3) is 5.56 Å². The van der Waals surface area contributed by atoms with Gasteiger partial charge in [-0.1, -0.05) is 18.2 Å². The SMILES string of the molecule is Cc1cc(=O)[nH]c(CC(=O)N2CCCc3ccccc32)n1. The topological polar surface area (TPSA) is 66.1 Å². The van der Waals surface area contributed by atoms with Crippen LogP contribution in [0.4, 0.5) is 5.69 Å². The Hall–Kier alpha value is -2.43. The van der Waals surface area contributed by atoms with Gasteiger partial charge < -0.3 is 9.88 Å². The molecule has 0 atom stereocenters. The number of carbonyl (C=O) groups is 1. The highest BCUT2D eigenvalue weighted by Gasteiger charge is 2.22.